The largest absolute Gasteiger partial charge is 0.453 e. The fourth-order valence-corrected chi connectivity index (χ4v) is 2.53. The number of Topliss-reactive ketones (excluding diaryl/α,β-unsaturated/α-hetero) is 1. The molecule has 2 aromatic carbocycles. The van der Waals surface area contributed by atoms with Gasteiger partial charge in [-0.3, -0.25) is 14.4 Å². The molecule has 1 N–H and O–H groups in total. The fourth-order valence-electron chi connectivity index (χ4n) is 2.53. The van der Waals surface area contributed by atoms with Gasteiger partial charge in [-0.05, 0) is 56.5 Å². The summed E-state index contributed by atoms with van der Waals surface area (Å²) in [5.41, 5.74) is 4.32. The molecule has 5 heteroatoms. The smallest absolute Gasteiger partial charge is 0.307 e. The lowest BCUT2D eigenvalue weighted by Crippen LogP contribution is -2.30. The predicted molar refractivity (Wildman–Crippen MR) is 105 cm³/mol. The molecule has 2 aromatic rings. The number of ether oxygens (including phenoxy) is 1. The number of hydrogen-bond donors (Lipinski definition) is 1. The van der Waals surface area contributed by atoms with E-state index in [4.69, 9.17) is 4.74 Å². The number of esters is 1. The van der Waals surface area contributed by atoms with Gasteiger partial charge in [-0.2, -0.15) is 0 Å². The van der Waals surface area contributed by atoms with Crippen LogP contribution in [-0.4, -0.2) is 23.8 Å². The van der Waals surface area contributed by atoms with E-state index in [0.29, 0.717) is 11.3 Å². The Labute approximate surface area is 159 Å². The Bertz CT molecular complexity index is 857. The van der Waals surface area contributed by atoms with Crippen LogP contribution in [0.1, 0.15) is 46.8 Å². The highest BCUT2D eigenvalue weighted by Crippen LogP contribution is 2.15. The van der Waals surface area contributed by atoms with E-state index in [9.17, 15) is 14.4 Å². The van der Waals surface area contributed by atoms with Crippen molar-refractivity contribution in [3.8, 4) is 0 Å². The van der Waals surface area contributed by atoms with E-state index in [0.717, 1.165) is 16.7 Å². The van der Waals surface area contributed by atoms with Crippen molar-refractivity contribution < 1.29 is 19.1 Å². The minimum atomic E-state index is -0.936. The third-order valence-electron chi connectivity index (χ3n) is 4.47. The lowest BCUT2D eigenvalue weighted by molar-refractivity contribution is -0.153. The standard InChI is InChI=1S/C22H25NO4/c1-14-9-10-18(13-16(14)3)20(24)11-12-21(25)27-17(4)22(26)23-19-8-6-5-7-15(19)2/h5-10,13,17H,11-12H2,1-4H3,(H,23,26). The summed E-state index contributed by atoms with van der Waals surface area (Å²) in [7, 11) is 0. The number of amides is 1. The van der Waals surface area contributed by atoms with Gasteiger partial charge in [-0.1, -0.05) is 30.3 Å². The molecule has 0 bridgehead atoms. The molecule has 0 heterocycles. The highest BCUT2D eigenvalue weighted by Gasteiger charge is 2.19. The third-order valence-corrected chi connectivity index (χ3v) is 4.47. The van der Waals surface area contributed by atoms with Crippen molar-refractivity contribution in [1.29, 1.82) is 0 Å². The van der Waals surface area contributed by atoms with Crippen LogP contribution in [0.4, 0.5) is 5.69 Å². The Hall–Kier alpha value is -2.95. The van der Waals surface area contributed by atoms with Gasteiger partial charge < -0.3 is 10.1 Å². The second-order valence-electron chi connectivity index (χ2n) is 6.66. The van der Waals surface area contributed by atoms with Gasteiger partial charge in [0, 0.05) is 17.7 Å². The Kier molecular flexibility index (Phi) is 6.88. The SMILES string of the molecule is Cc1ccc(C(=O)CCC(=O)OC(C)C(=O)Nc2ccccc2C)cc1C. The lowest BCUT2D eigenvalue weighted by Gasteiger charge is -2.14. The van der Waals surface area contributed by atoms with Crippen molar-refractivity contribution in [3.05, 3.63) is 64.7 Å². The number of para-hydroxylation sites is 1. The summed E-state index contributed by atoms with van der Waals surface area (Å²) in [6.07, 6.45) is -0.949. The van der Waals surface area contributed by atoms with E-state index in [1.54, 1.807) is 12.1 Å². The van der Waals surface area contributed by atoms with Gasteiger partial charge in [0.1, 0.15) is 0 Å². The quantitative estimate of drug-likeness (QED) is 0.589. The lowest BCUT2D eigenvalue weighted by atomic mass is 10.0. The maximum atomic E-state index is 12.2. The normalized spacial score (nSPS) is 11.6. The first-order valence-corrected chi connectivity index (χ1v) is 8.94. The molecular weight excluding hydrogens is 342 g/mol. The first kappa shape index (κ1) is 20.4. The predicted octanol–water partition coefficient (Wildman–Crippen LogP) is 4.15. The van der Waals surface area contributed by atoms with Crippen molar-refractivity contribution in [2.24, 2.45) is 0 Å². The summed E-state index contributed by atoms with van der Waals surface area (Å²) in [4.78, 5) is 36.4. The van der Waals surface area contributed by atoms with Gasteiger partial charge in [0.2, 0.25) is 0 Å². The van der Waals surface area contributed by atoms with Gasteiger partial charge in [0.25, 0.3) is 5.91 Å². The maximum absolute atomic E-state index is 12.2. The molecule has 0 saturated carbocycles. The van der Waals surface area contributed by atoms with Gasteiger partial charge in [0.05, 0.1) is 6.42 Å². The topological polar surface area (TPSA) is 72.5 Å². The molecule has 0 aliphatic heterocycles. The molecule has 0 saturated heterocycles. The summed E-state index contributed by atoms with van der Waals surface area (Å²) in [5.74, 6) is -1.09. The molecule has 0 aliphatic rings. The fraction of sp³-hybridized carbons (Fsp3) is 0.318. The number of rotatable bonds is 7. The van der Waals surface area contributed by atoms with Crippen molar-refractivity contribution in [2.75, 3.05) is 5.32 Å². The summed E-state index contributed by atoms with van der Waals surface area (Å²) in [6, 6.07) is 12.8. The number of hydrogen-bond acceptors (Lipinski definition) is 4. The van der Waals surface area contributed by atoms with Crippen molar-refractivity contribution in [3.63, 3.8) is 0 Å². The molecule has 0 aromatic heterocycles. The van der Waals surface area contributed by atoms with Crippen LogP contribution in [0.25, 0.3) is 0 Å². The molecule has 0 spiro atoms. The minimum Gasteiger partial charge on any atom is -0.453 e. The summed E-state index contributed by atoms with van der Waals surface area (Å²) < 4.78 is 5.15. The summed E-state index contributed by atoms with van der Waals surface area (Å²) in [5, 5.41) is 2.73. The molecule has 0 aliphatic carbocycles. The molecule has 142 valence electrons. The maximum Gasteiger partial charge on any atom is 0.307 e. The van der Waals surface area contributed by atoms with Crippen LogP contribution in [0.15, 0.2) is 42.5 Å². The monoisotopic (exact) mass is 367 g/mol. The zero-order valence-corrected chi connectivity index (χ0v) is 16.2. The number of aryl methyl sites for hydroxylation is 3. The molecule has 1 amide bonds. The Morgan fingerprint density at radius 1 is 0.926 bits per heavy atom. The van der Waals surface area contributed by atoms with Crippen molar-refractivity contribution >= 4 is 23.3 Å². The molecular formula is C22H25NO4. The summed E-state index contributed by atoms with van der Waals surface area (Å²) >= 11 is 0. The zero-order chi connectivity index (χ0) is 20.0. The van der Waals surface area contributed by atoms with E-state index in [1.807, 2.05) is 51.1 Å². The Morgan fingerprint density at radius 3 is 2.30 bits per heavy atom. The van der Waals surface area contributed by atoms with E-state index in [1.165, 1.54) is 6.92 Å². The van der Waals surface area contributed by atoms with Crippen LogP contribution in [0.5, 0.6) is 0 Å². The van der Waals surface area contributed by atoms with Crippen LogP contribution in [0.3, 0.4) is 0 Å². The number of anilines is 1. The molecule has 2 rings (SSSR count). The Morgan fingerprint density at radius 2 is 1.63 bits per heavy atom. The first-order chi connectivity index (χ1) is 12.8. The second-order valence-corrected chi connectivity index (χ2v) is 6.66. The molecule has 0 radical (unpaired) electrons. The van der Waals surface area contributed by atoms with E-state index >= 15 is 0 Å². The average molecular weight is 367 g/mol. The van der Waals surface area contributed by atoms with Crippen molar-refractivity contribution in [2.45, 2.75) is 46.6 Å². The molecule has 5 nitrogen and oxygen atoms in total. The van der Waals surface area contributed by atoms with E-state index in [2.05, 4.69) is 5.32 Å². The zero-order valence-electron chi connectivity index (χ0n) is 16.2. The number of nitrogens with one attached hydrogen (secondary N) is 1. The first-order valence-electron chi connectivity index (χ1n) is 8.94. The molecule has 1 unspecified atom stereocenters. The van der Waals surface area contributed by atoms with Crippen LogP contribution >= 0.6 is 0 Å². The molecule has 1 atom stereocenters. The number of carbonyl (C=O) groups is 3. The van der Waals surface area contributed by atoms with Crippen LogP contribution in [-0.2, 0) is 14.3 Å². The van der Waals surface area contributed by atoms with Gasteiger partial charge >= 0.3 is 5.97 Å². The summed E-state index contributed by atoms with van der Waals surface area (Å²) in [6.45, 7) is 7.31. The van der Waals surface area contributed by atoms with Crippen LogP contribution < -0.4 is 5.32 Å². The van der Waals surface area contributed by atoms with Crippen LogP contribution in [0, 0.1) is 20.8 Å². The van der Waals surface area contributed by atoms with Gasteiger partial charge in [0.15, 0.2) is 11.9 Å². The van der Waals surface area contributed by atoms with Gasteiger partial charge in [-0.15, -0.1) is 0 Å². The average Bonchev–Trinajstić information content (AvgIpc) is 2.63. The van der Waals surface area contributed by atoms with Crippen molar-refractivity contribution in [1.82, 2.24) is 0 Å². The molecule has 27 heavy (non-hydrogen) atoms. The number of carbonyl (C=O) groups excluding carboxylic acids is 3. The van der Waals surface area contributed by atoms with Crippen LogP contribution in [0.2, 0.25) is 0 Å². The van der Waals surface area contributed by atoms with E-state index in [-0.39, 0.29) is 18.6 Å². The number of ketones is 1. The highest BCUT2D eigenvalue weighted by molar-refractivity contribution is 5.98. The second kappa shape index (κ2) is 9.12. The van der Waals surface area contributed by atoms with E-state index < -0.39 is 18.0 Å². The molecule has 0 fully saturated rings. The number of benzene rings is 2. The Balaban J connectivity index is 1.83. The third kappa shape index (κ3) is 5.78. The minimum absolute atomic E-state index is 0.0491. The highest BCUT2D eigenvalue weighted by atomic mass is 16.5. The van der Waals surface area contributed by atoms with Gasteiger partial charge in [-0.25, -0.2) is 0 Å².